The number of aryl methyl sites for hydroxylation is 1. The summed E-state index contributed by atoms with van der Waals surface area (Å²) >= 11 is 0. The molecule has 0 amide bonds. The predicted molar refractivity (Wildman–Crippen MR) is 82.7 cm³/mol. The van der Waals surface area contributed by atoms with Gasteiger partial charge in [-0.3, -0.25) is 0 Å². The van der Waals surface area contributed by atoms with Gasteiger partial charge in [0.1, 0.15) is 0 Å². The van der Waals surface area contributed by atoms with Crippen molar-refractivity contribution in [1.82, 2.24) is 15.0 Å². The maximum atomic E-state index is 10.9. The summed E-state index contributed by atoms with van der Waals surface area (Å²) in [5.41, 5.74) is 4.44. The Bertz CT molecular complexity index is 790. The SMILES string of the molecule is Cc1ccc(-c2cnnn2Cc2ccc(C(=O)O)cc2)cc1. The first-order chi connectivity index (χ1) is 10.6. The van der Waals surface area contributed by atoms with E-state index < -0.39 is 5.97 Å². The van der Waals surface area contributed by atoms with Gasteiger partial charge in [-0.15, -0.1) is 5.10 Å². The minimum absolute atomic E-state index is 0.279. The highest BCUT2D eigenvalue weighted by Crippen LogP contribution is 2.19. The van der Waals surface area contributed by atoms with Crippen LogP contribution in [0.4, 0.5) is 0 Å². The van der Waals surface area contributed by atoms with Gasteiger partial charge in [0, 0.05) is 5.56 Å². The molecule has 0 fully saturated rings. The lowest BCUT2D eigenvalue weighted by Crippen LogP contribution is -2.05. The Morgan fingerprint density at radius 3 is 2.41 bits per heavy atom. The van der Waals surface area contributed by atoms with Crippen molar-refractivity contribution < 1.29 is 9.90 Å². The van der Waals surface area contributed by atoms with E-state index in [0.29, 0.717) is 6.54 Å². The van der Waals surface area contributed by atoms with Gasteiger partial charge in [-0.05, 0) is 24.6 Å². The first-order valence-electron chi connectivity index (χ1n) is 6.91. The van der Waals surface area contributed by atoms with Gasteiger partial charge in [-0.1, -0.05) is 47.2 Å². The van der Waals surface area contributed by atoms with Crippen molar-refractivity contribution in [3.05, 3.63) is 71.4 Å². The van der Waals surface area contributed by atoms with E-state index in [1.54, 1.807) is 35.1 Å². The molecule has 1 aromatic heterocycles. The maximum absolute atomic E-state index is 10.9. The average molecular weight is 293 g/mol. The van der Waals surface area contributed by atoms with E-state index in [1.807, 2.05) is 31.2 Å². The molecule has 0 radical (unpaired) electrons. The summed E-state index contributed by atoms with van der Waals surface area (Å²) in [7, 11) is 0. The third kappa shape index (κ3) is 2.88. The van der Waals surface area contributed by atoms with Gasteiger partial charge < -0.3 is 5.11 Å². The summed E-state index contributed by atoms with van der Waals surface area (Å²) in [6.45, 7) is 2.59. The molecule has 5 heteroatoms. The molecule has 5 nitrogen and oxygen atoms in total. The van der Waals surface area contributed by atoms with Crippen LogP contribution in [0.3, 0.4) is 0 Å². The standard InChI is InChI=1S/C17H15N3O2/c1-12-2-6-14(7-3-12)16-10-18-19-20(16)11-13-4-8-15(9-5-13)17(21)22/h2-10H,11H2,1H3,(H,21,22). The van der Waals surface area contributed by atoms with Crippen molar-refractivity contribution >= 4 is 5.97 Å². The number of aromatic nitrogens is 3. The lowest BCUT2D eigenvalue weighted by molar-refractivity contribution is 0.0697. The smallest absolute Gasteiger partial charge is 0.335 e. The molecule has 0 aliphatic carbocycles. The zero-order valence-electron chi connectivity index (χ0n) is 12.1. The molecule has 0 unspecified atom stereocenters. The molecule has 3 aromatic rings. The first-order valence-corrected chi connectivity index (χ1v) is 6.91. The number of nitrogens with zero attached hydrogens (tertiary/aromatic N) is 3. The van der Waals surface area contributed by atoms with Crippen LogP contribution in [-0.2, 0) is 6.54 Å². The second kappa shape index (κ2) is 5.81. The molecule has 0 spiro atoms. The van der Waals surface area contributed by atoms with E-state index in [-0.39, 0.29) is 5.56 Å². The monoisotopic (exact) mass is 293 g/mol. The normalized spacial score (nSPS) is 10.6. The number of carbonyl (C=O) groups is 1. The molecule has 22 heavy (non-hydrogen) atoms. The highest BCUT2D eigenvalue weighted by atomic mass is 16.4. The number of carboxylic acids is 1. The molecule has 3 rings (SSSR count). The van der Waals surface area contributed by atoms with Crippen LogP contribution in [-0.4, -0.2) is 26.1 Å². The highest BCUT2D eigenvalue weighted by molar-refractivity contribution is 5.87. The Morgan fingerprint density at radius 1 is 1.09 bits per heavy atom. The summed E-state index contributed by atoms with van der Waals surface area (Å²) in [5.74, 6) is -0.923. The molecule has 0 saturated carbocycles. The van der Waals surface area contributed by atoms with Gasteiger partial charge in [0.25, 0.3) is 0 Å². The molecular formula is C17H15N3O2. The molecule has 0 atom stereocenters. The van der Waals surface area contributed by atoms with Crippen LogP contribution in [0, 0.1) is 6.92 Å². The van der Waals surface area contributed by atoms with E-state index >= 15 is 0 Å². The number of benzene rings is 2. The quantitative estimate of drug-likeness (QED) is 0.803. The van der Waals surface area contributed by atoms with Crippen molar-refractivity contribution in [2.24, 2.45) is 0 Å². The Morgan fingerprint density at radius 2 is 1.77 bits per heavy atom. The van der Waals surface area contributed by atoms with Gasteiger partial charge in [-0.2, -0.15) is 0 Å². The molecule has 1 N–H and O–H groups in total. The van der Waals surface area contributed by atoms with Crippen molar-refractivity contribution in [1.29, 1.82) is 0 Å². The predicted octanol–water partition coefficient (Wildman–Crippen LogP) is 3.00. The second-order valence-electron chi connectivity index (χ2n) is 5.15. The molecule has 110 valence electrons. The van der Waals surface area contributed by atoms with Crippen LogP contribution >= 0.6 is 0 Å². The van der Waals surface area contributed by atoms with Crippen molar-refractivity contribution in [2.75, 3.05) is 0 Å². The lowest BCUT2D eigenvalue weighted by Gasteiger charge is -2.07. The van der Waals surface area contributed by atoms with Gasteiger partial charge in [-0.25, -0.2) is 9.48 Å². The number of carboxylic acid groups (broad SMARTS) is 1. The van der Waals surface area contributed by atoms with Gasteiger partial charge >= 0.3 is 5.97 Å². The van der Waals surface area contributed by atoms with E-state index in [1.165, 1.54) is 5.56 Å². The van der Waals surface area contributed by atoms with Gasteiger partial charge in [0.15, 0.2) is 0 Å². The van der Waals surface area contributed by atoms with E-state index in [4.69, 9.17) is 5.11 Å². The van der Waals surface area contributed by atoms with Gasteiger partial charge in [0.05, 0.1) is 24.0 Å². The van der Waals surface area contributed by atoms with E-state index in [2.05, 4.69) is 10.3 Å². The summed E-state index contributed by atoms with van der Waals surface area (Å²) in [6.07, 6.45) is 1.73. The topological polar surface area (TPSA) is 68.0 Å². The van der Waals surface area contributed by atoms with E-state index in [0.717, 1.165) is 16.8 Å². The Balaban J connectivity index is 1.86. The number of aromatic carboxylic acids is 1. The number of hydrogen-bond acceptors (Lipinski definition) is 3. The van der Waals surface area contributed by atoms with Crippen molar-refractivity contribution in [2.45, 2.75) is 13.5 Å². The third-order valence-electron chi connectivity index (χ3n) is 3.50. The van der Waals surface area contributed by atoms with Crippen LogP contribution in [0.25, 0.3) is 11.3 Å². The minimum atomic E-state index is -0.923. The summed E-state index contributed by atoms with van der Waals surface area (Å²) in [6, 6.07) is 15.0. The Hall–Kier alpha value is -2.95. The first kappa shape index (κ1) is 14.0. The molecular weight excluding hydrogens is 278 g/mol. The van der Waals surface area contributed by atoms with Crippen LogP contribution in [0.1, 0.15) is 21.5 Å². The molecule has 2 aromatic carbocycles. The molecule has 0 aliphatic rings. The fraction of sp³-hybridized carbons (Fsp3) is 0.118. The zero-order chi connectivity index (χ0) is 15.5. The zero-order valence-corrected chi connectivity index (χ0v) is 12.1. The van der Waals surface area contributed by atoms with Crippen molar-refractivity contribution in [3.63, 3.8) is 0 Å². The van der Waals surface area contributed by atoms with Crippen LogP contribution in [0.15, 0.2) is 54.7 Å². The number of hydrogen-bond donors (Lipinski definition) is 1. The average Bonchev–Trinajstić information content (AvgIpc) is 2.97. The second-order valence-corrected chi connectivity index (χ2v) is 5.15. The molecule has 0 saturated heterocycles. The van der Waals surface area contributed by atoms with Crippen LogP contribution in [0.2, 0.25) is 0 Å². The fourth-order valence-corrected chi connectivity index (χ4v) is 2.25. The Kier molecular flexibility index (Phi) is 3.70. The minimum Gasteiger partial charge on any atom is -0.478 e. The van der Waals surface area contributed by atoms with E-state index in [9.17, 15) is 4.79 Å². The Labute approximate surface area is 127 Å². The summed E-state index contributed by atoms with van der Waals surface area (Å²) < 4.78 is 1.81. The van der Waals surface area contributed by atoms with Crippen molar-refractivity contribution in [3.8, 4) is 11.3 Å². The molecule has 0 aliphatic heterocycles. The maximum Gasteiger partial charge on any atom is 0.335 e. The lowest BCUT2D eigenvalue weighted by atomic mass is 10.1. The summed E-state index contributed by atoms with van der Waals surface area (Å²) in [5, 5.41) is 17.0. The molecule has 0 bridgehead atoms. The highest BCUT2D eigenvalue weighted by Gasteiger charge is 2.08. The van der Waals surface area contributed by atoms with Crippen LogP contribution < -0.4 is 0 Å². The third-order valence-corrected chi connectivity index (χ3v) is 3.50. The van der Waals surface area contributed by atoms with Crippen LogP contribution in [0.5, 0.6) is 0 Å². The number of rotatable bonds is 4. The summed E-state index contributed by atoms with van der Waals surface area (Å²) in [4.78, 5) is 10.9. The molecule has 1 heterocycles. The largest absolute Gasteiger partial charge is 0.478 e. The van der Waals surface area contributed by atoms with Gasteiger partial charge in [0.2, 0.25) is 0 Å². The fourth-order valence-electron chi connectivity index (χ4n) is 2.25.